The number of benzene rings is 1. The number of phenols is 2. The lowest BCUT2D eigenvalue weighted by molar-refractivity contribution is -0.0914. The standard InChI is InChI=1S/C10H15NO4/c1-14-10(15-2)6-11-8-5-7(12)3-4-9(8)13/h3-5,10-13H,6H2,1-2H3. The van der Waals surface area contributed by atoms with Crippen LogP contribution in [0.4, 0.5) is 5.69 Å². The molecule has 0 aliphatic carbocycles. The Morgan fingerprint density at radius 3 is 2.53 bits per heavy atom. The van der Waals surface area contributed by atoms with Crippen LogP contribution < -0.4 is 5.32 Å². The minimum atomic E-state index is -0.397. The van der Waals surface area contributed by atoms with Crippen LogP contribution in [-0.2, 0) is 9.47 Å². The fourth-order valence-electron chi connectivity index (χ4n) is 1.12. The van der Waals surface area contributed by atoms with Crippen LogP contribution in [0.3, 0.4) is 0 Å². The number of hydrogen-bond donors (Lipinski definition) is 3. The van der Waals surface area contributed by atoms with Gasteiger partial charge in [-0.15, -0.1) is 0 Å². The Morgan fingerprint density at radius 2 is 1.93 bits per heavy atom. The van der Waals surface area contributed by atoms with E-state index >= 15 is 0 Å². The van der Waals surface area contributed by atoms with Gasteiger partial charge in [0.05, 0.1) is 12.2 Å². The van der Waals surface area contributed by atoms with Crippen molar-refractivity contribution in [2.24, 2.45) is 0 Å². The number of rotatable bonds is 5. The SMILES string of the molecule is COC(CNc1cc(O)ccc1O)OC. The van der Waals surface area contributed by atoms with E-state index in [-0.39, 0.29) is 11.5 Å². The van der Waals surface area contributed by atoms with Crippen LogP contribution in [0.5, 0.6) is 11.5 Å². The summed E-state index contributed by atoms with van der Waals surface area (Å²) in [6, 6.07) is 4.24. The lowest BCUT2D eigenvalue weighted by atomic mass is 10.2. The second kappa shape index (κ2) is 5.43. The average molecular weight is 213 g/mol. The second-order valence-corrected chi connectivity index (χ2v) is 2.98. The summed E-state index contributed by atoms with van der Waals surface area (Å²) in [6.07, 6.45) is -0.397. The van der Waals surface area contributed by atoms with Gasteiger partial charge in [0.2, 0.25) is 0 Å². The molecule has 0 atom stereocenters. The minimum absolute atomic E-state index is 0.0683. The quantitative estimate of drug-likeness (QED) is 0.388. The van der Waals surface area contributed by atoms with Crippen LogP contribution in [0.1, 0.15) is 0 Å². The van der Waals surface area contributed by atoms with Crippen LogP contribution in [0.25, 0.3) is 0 Å². The number of methoxy groups -OCH3 is 2. The van der Waals surface area contributed by atoms with Crippen LogP contribution in [0.15, 0.2) is 18.2 Å². The van der Waals surface area contributed by atoms with E-state index in [1.165, 1.54) is 32.4 Å². The van der Waals surface area contributed by atoms with Gasteiger partial charge in [-0.3, -0.25) is 0 Å². The van der Waals surface area contributed by atoms with Gasteiger partial charge < -0.3 is 25.0 Å². The van der Waals surface area contributed by atoms with Gasteiger partial charge >= 0.3 is 0 Å². The van der Waals surface area contributed by atoms with E-state index in [1.54, 1.807) is 0 Å². The Balaban J connectivity index is 2.60. The first kappa shape index (κ1) is 11.6. The van der Waals surface area contributed by atoms with Gasteiger partial charge in [0.15, 0.2) is 6.29 Å². The van der Waals surface area contributed by atoms with Crippen molar-refractivity contribution in [1.29, 1.82) is 0 Å². The largest absolute Gasteiger partial charge is 0.508 e. The van der Waals surface area contributed by atoms with E-state index < -0.39 is 6.29 Å². The zero-order chi connectivity index (χ0) is 11.3. The van der Waals surface area contributed by atoms with Crippen LogP contribution in [0, 0.1) is 0 Å². The van der Waals surface area contributed by atoms with Crippen molar-refractivity contribution < 1.29 is 19.7 Å². The first-order valence-corrected chi connectivity index (χ1v) is 4.48. The lowest BCUT2D eigenvalue weighted by Crippen LogP contribution is -2.23. The molecule has 0 heterocycles. The number of hydrogen-bond acceptors (Lipinski definition) is 5. The predicted molar refractivity (Wildman–Crippen MR) is 56.1 cm³/mol. The molecule has 1 aromatic rings. The lowest BCUT2D eigenvalue weighted by Gasteiger charge is -2.15. The summed E-state index contributed by atoms with van der Waals surface area (Å²) >= 11 is 0. The van der Waals surface area contributed by atoms with E-state index in [4.69, 9.17) is 9.47 Å². The maximum absolute atomic E-state index is 9.44. The van der Waals surface area contributed by atoms with Crippen molar-refractivity contribution in [1.82, 2.24) is 0 Å². The van der Waals surface area contributed by atoms with E-state index in [0.29, 0.717) is 12.2 Å². The van der Waals surface area contributed by atoms with Crippen molar-refractivity contribution in [2.45, 2.75) is 6.29 Å². The van der Waals surface area contributed by atoms with Gasteiger partial charge in [0.25, 0.3) is 0 Å². The average Bonchev–Trinajstić information content (AvgIpc) is 2.24. The van der Waals surface area contributed by atoms with E-state index in [0.717, 1.165) is 0 Å². The van der Waals surface area contributed by atoms with Crippen LogP contribution >= 0.6 is 0 Å². The first-order chi connectivity index (χ1) is 7.17. The topological polar surface area (TPSA) is 71.0 Å². The van der Waals surface area contributed by atoms with Crippen LogP contribution in [-0.4, -0.2) is 37.3 Å². The number of anilines is 1. The van der Waals surface area contributed by atoms with Crippen molar-refractivity contribution >= 4 is 5.69 Å². The van der Waals surface area contributed by atoms with Gasteiger partial charge in [0.1, 0.15) is 11.5 Å². The molecule has 5 nitrogen and oxygen atoms in total. The highest BCUT2D eigenvalue weighted by Crippen LogP contribution is 2.26. The summed E-state index contributed by atoms with van der Waals surface area (Å²) < 4.78 is 9.92. The zero-order valence-electron chi connectivity index (χ0n) is 8.73. The smallest absolute Gasteiger partial charge is 0.173 e. The summed E-state index contributed by atoms with van der Waals surface area (Å²) in [5, 5.41) is 21.5. The highest BCUT2D eigenvalue weighted by molar-refractivity contribution is 5.58. The van der Waals surface area contributed by atoms with Crippen molar-refractivity contribution in [2.75, 3.05) is 26.1 Å². The summed E-state index contributed by atoms with van der Waals surface area (Å²) in [7, 11) is 3.05. The molecule has 0 aliphatic heterocycles. The Hall–Kier alpha value is -1.46. The Kier molecular flexibility index (Phi) is 4.20. The van der Waals surface area contributed by atoms with Crippen molar-refractivity contribution in [3.05, 3.63) is 18.2 Å². The third-order valence-corrected chi connectivity index (χ3v) is 1.97. The number of aromatic hydroxyl groups is 2. The van der Waals surface area contributed by atoms with Crippen molar-refractivity contribution in [3.63, 3.8) is 0 Å². The third kappa shape index (κ3) is 3.30. The molecule has 3 N–H and O–H groups in total. The predicted octanol–water partition coefficient (Wildman–Crippen LogP) is 1.13. The maximum atomic E-state index is 9.44. The highest BCUT2D eigenvalue weighted by Gasteiger charge is 2.07. The summed E-state index contributed by atoms with van der Waals surface area (Å²) in [5.74, 6) is 0.153. The first-order valence-electron chi connectivity index (χ1n) is 4.48. The number of nitrogens with one attached hydrogen (secondary N) is 1. The Labute approximate surface area is 88.3 Å². The van der Waals surface area contributed by atoms with Crippen molar-refractivity contribution in [3.8, 4) is 11.5 Å². The summed E-state index contributed by atoms with van der Waals surface area (Å²) in [6.45, 7) is 0.379. The normalized spacial score (nSPS) is 10.6. The molecular formula is C10H15NO4. The molecule has 0 fully saturated rings. The molecule has 15 heavy (non-hydrogen) atoms. The molecule has 1 aromatic carbocycles. The monoisotopic (exact) mass is 213 g/mol. The molecule has 0 bridgehead atoms. The van der Waals surface area contributed by atoms with E-state index in [2.05, 4.69) is 5.32 Å². The maximum Gasteiger partial charge on any atom is 0.173 e. The third-order valence-electron chi connectivity index (χ3n) is 1.97. The molecule has 0 saturated heterocycles. The fraction of sp³-hybridized carbons (Fsp3) is 0.400. The summed E-state index contributed by atoms with van der Waals surface area (Å²) in [4.78, 5) is 0. The molecule has 0 saturated carbocycles. The molecule has 0 aliphatic rings. The molecule has 1 rings (SSSR count). The minimum Gasteiger partial charge on any atom is -0.508 e. The number of phenolic OH excluding ortho intramolecular Hbond substituents is 2. The van der Waals surface area contributed by atoms with Gasteiger partial charge in [-0.05, 0) is 12.1 Å². The highest BCUT2D eigenvalue weighted by atomic mass is 16.7. The molecule has 0 spiro atoms. The zero-order valence-corrected chi connectivity index (χ0v) is 8.73. The Morgan fingerprint density at radius 1 is 1.27 bits per heavy atom. The van der Waals surface area contributed by atoms with Gasteiger partial charge in [-0.1, -0.05) is 0 Å². The van der Waals surface area contributed by atoms with Crippen LogP contribution in [0.2, 0.25) is 0 Å². The molecule has 84 valence electrons. The molecule has 5 heteroatoms. The molecule has 0 aromatic heterocycles. The summed E-state index contributed by atoms with van der Waals surface area (Å²) in [5.41, 5.74) is 0.439. The second-order valence-electron chi connectivity index (χ2n) is 2.98. The van der Waals surface area contributed by atoms with E-state index in [1.807, 2.05) is 0 Å². The number of ether oxygens (including phenoxy) is 2. The fourth-order valence-corrected chi connectivity index (χ4v) is 1.12. The van der Waals surface area contributed by atoms with Gasteiger partial charge in [-0.2, -0.15) is 0 Å². The molecular weight excluding hydrogens is 198 g/mol. The van der Waals surface area contributed by atoms with Gasteiger partial charge in [0, 0.05) is 20.3 Å². The van der Waals surface area contributed by atoms with E-state index in [9.17, 15) is 10.2 Å². The molecule has 0 unspecified atom stereocenters. The Bertz CT molecular complexity index is 312. The molecule has 0 radical (unpaired) electrons. The van der Waals surface area contributed by atoms with Gasteiger partial charge in [-0.25, -0.2) is 0 Å². The molecule has 0 amide bonds.